The minimum absolute atomic E-state index is 0.0757. The third-order valence-corrected chi connectivity index (χ3v) is 4.68. The Kier molecular flexibility index (Phi) is 7.61. The van der Waals surface area contributed by atoms with Crippen LogP contribution in [0.3, 0.4) is 0 Å². The van der Waals surface area contributed by atoms with E-state index in [9.17, 15) is 14.4 Å². The van der Waals surface area contributed by atoms with Crippen LogP contribution in [0.1, 0.15) is 58.6 Å². The number of urea groups is 1. The highest BCUT2D eigenvalue weighted by Gasteiger charge is 2.36. The molecule has 0 saturated carbocycles. The molecule has 1 atom stereocenters. The van der Waals surface area contributed by atoms with E-state index in [1.807, 2.05) is 0 Å². The molecule has 0 saturated heterocycles. The lowest BCUT2D eigenvalue weighted by Crippen LogP contribution is -2.48. The van der Waals surface area contributed by atoms with Gasteiger partial charge in [-0.1, -0.05) is 32.4 Å². The number of unbranched alkanes of at least 4 members (excludes halogenated alkanes) is 1. The van der Waals surface area contributed by atoms with Crippen LogP contribution in [-0.4, -0.2) is 36.0 Å². The molecule has 0 fully saturated rings. The fraction of sp³-hybridized carbons (Fsp3) is 0.476. The number of nitrogens with zero attached hydrogens (tertiary/aromatic N) is 1. The molecule has 0 aliphatic carbocycles. The summed E-state index contributed by atoms with van der Waals surface area (Å²) in [6.07, 6.45) is 2.18. The van der Waals surface area contributed by atoms with Crippen LogP contribution in [0.2, 0.25) is 0 Å². The summed E-state index contributed by atoms with van der Waals surface area (Å²) in [5.74, 6) is -0.511. The van der Waals surface area contributed by atoms with E-state index in [1.165, 1.54) is 0 Å². The van der Waals surface area contributed by atoms with E-state index in [-0.39, 0.29) is 18.5 Å². The zero-order valence-corrected chi connectivity index (χ0v) is 17.0. The molecule has 28 heavy (non-hydrogen) atoms. The Hall–Kier alpha value is -2.83. The molecule has 1 aliphatic rings. The maximum Gasteiger partial charge on any atom is 0.338 e. The Morgan fingerprint density at radius 1 is 1.18 bits per heavy atom. The van der Waals surface area contributed by atoms with Gasteiger partial charge in [-0.25, -0.2) is 9.59 Å². The van der Waals surface area contributed by atoms with Crippen molar-refractivity contribution in [1.29, 1.82) is 0 Å². The van der Waals surface area contributed by atoms with Crippen LogP contribution in [0.4, 0.5) is 10.5 Å². The van der Waals surface area contributed by atoms with Gasteiger partial charge in [-0.05, 0) is 38.0 Å². The van der Waals surface area contributed by atoms with Gasteiger partial charge in [-0.3, -0.25) is 9.69 Å². The first kappa shape index (κ1) is 21.5. The number of hydrogen-bond acceptors (Lipinski definition) is 4. The van der Waals surface area contributed by atoms with E-state index < -0.39 is 12.0 Å². The molecule has 1 aromatic carbocycles. The van der Waals surface area contributed by atoms with Crippen molar-refractivity contribution in [3.05, 3.63) is 41.1 Å². The first-order chi connectivity index (χ1) is 13.4. The van der Waals surface area contributed by atoms with Gasteiger partial charge in [0.05, 0.1) is 18.2 Å². The van der Waals surface area contributed by atoms with Crippen LogP contribution in [0.15, 0.2) is 35.5 Å². The van der Waals surface area contributed by atoms with E-state index in [2.05, 4.69) is 17.6 Å². The number of allylic oxidation sites excluding steroid dienone is 1. The second kappa shape index (κ2) is 9.92. The van der Waals surface area contributed by atoms with Gasteiger partial charge in [0.25, 0.3) is 0 Å². The Bertz CT molecular complexity index is 755. The molecular formula is C21H29N3O4. The fourth-order valence-electron chi connectivity index (χ4n) is 3.10. The van der Waals surface area contributed by atoms with Crippen molar-refractivity contribution in [2.24, 2.45) is 0 Å². The van der Waals surface area contributed by atoms with E-state index in [0.29, 0.717) is 29.9 Å². The molecule has 0 aromatic heterocycles. The Morgan fingerprint density at radius 3 is 2.43 bits per heavy atom. The minimum Gasteiger partial charge on any atom is -0.463 e. The van der Waals surface area contributed by atoms with Gasteiger partial charge in [-0.15, -0.1) is 0 Å². The molecule has 3 amide bonds. The summed E-state index contributed by atoms with van der Waals surface area (Å²) < 4.78 is 5.25. The molecule has 2 rings (SSSR count). The highest BCUT2D eigenvalue weighted by atomic mass is 16.5. The number of esters is 1. The van der Waals surface area contributed by atoms with Crippen LogP contribution in [0, 0.1) is 0 Å². The quantitative estimate of drug-likeness (QED) is 0.665. The monoisotopic (exact) mass is 387 g/mol. The molecule has 7 nitrogen and oxygen atoms in total. The number of rotatable bonds is 8. The van der Waals surface area contributed by atoms with Gasteiger partial charge in [0.1, 0.15) is 0 Å². The Balaban J connectivity index is 2.37. The lowest BCUT2D eigenvalue weighted by atomic mass is 9.94. The topological polar surface area (TPSA) is 87.7 Å². The van der Waals surface area contributed by atoms with E-state index in [1.54, 1.807) is 49.9 Å². The summed E-state index contributed by atoms with van der Waals surface area (Å²) in [4.78, 5) is 38.4. The third-order valence-electron chi connectivity index (χ3n) is 4.68. The minimum atomic E-state index is -0.597. The van der Waals surface area contributed by atoms with Gasteiger partial charge in [0.15, 0.2) is 0 Å². The van der Waals surface area contributed by atoms with Gasteiger partial charge >= 0.3 is 12.0 Å². The van der Waals surface area contributed by atoms with Crippen LogP contribution in [-0.2, 0) is 14.3 Å². The Labute approximate surface area is 166 Å². The molecule has 0 bridgehead atoms. The van der Waals surface area contributed by atoms with E-state index in [0.717, 1.165) is 18.4 Å². The fourth-order valence-corrected chi connectivity index (χ4v) is 3.10. The van der Waals surface area contributed by atoms with Crippen LogP contribution >= 0.6 is 0 Å². The maximum atomic E-state index is 12.7. The van der Waals surface area contributed by atoms with Crippen molar-refractivity contribution in [3.63, 3.8) is 0 Å². The van der Waals surface area contributed by atoms with Crippen molar-refractivity contribution >= 4 is 23.6 Å². The van der Waals surface area contributed by atoms with Gasteiger partial charge in [-0.2, -0.15) is 0 Å². The number of carbonyl (C=O) groups is 3. The summed E-state index contributed by atoms with van der Waals surface area (Å²) in [7, 11) is 0. The zero-order valence-electron chi connectivity index (χ0n) is 17.0. The van der Waals surface area contributed by atoms with Crippen LogP contribution in [0.25, 0.3) is 0 Å². The molecule has 1 heterocycles. The second-order valence-corrected chi connectivity index (χ2v) is 6.63. The molecule has 0 spiro atoms. The molecule has 1 aliphatic heterocycles. The standard InChI is InChI=1S/C21H29N3O4/c1-5-8-13-24-14(4)18(20(26)28-7-3)19(23-21(24)27)15-9-11-16(12-10-15)22-17(25)6-2/h9-12,19H,5-8,13H2,1-4H3,(H,22,25)(H,23,27)/t19-/m0/s1. The number of hydrogen-bond donors (Lipinski definition) is 2. The van der Waals surface area contributed by atoms with Gasteiger partial charge < -0.3 is 15.4 Å². The molecule has 0 unspecified atom stereocenters. The van der Waals surface area contributed by atoms with Gasteiger partial charge in [0.2, 0.25) is 5.91 Å². The zero-order chi connectivity index (χ0) is 20.7. The largest absolute Gasteiger partial charge is 0.463 e. The van der Waals surface area contributed by atoms with Crippen molar-refractivity contribution in [2.75, 3.05) is 18.5 Å². The molecule has 7 heteroatoms. The van der Waals surface area contributed by atoms with Crippen molar-refractivity contribution in [3.8, 4) is 0 Å². The SMILES string of the molecule is CCCCN1C(=O)N[C@@H](c2ccc(NC(=O)CC)cc2)C(C(=O)OCC)=C1C. The normalized spacial score (nSPS) is 16.6. The highest BCUT2D eigenvalue weighted by molar-refractivity contribution is 5.95. The lowest BCUT2D eigenvalue weighted by molar-refractivity contribution is -0.139. The molecule has 0 radical (unpaired) electrons. The smallest absolute Gasteiger partial charge is 0.338 e. The number of carbonyl (C=O) groups excluding carboxylic acids is 3. The third kappa shape index (κ3) is 4.91. The maximum absolute atomic E-state index is 12.7. The summed E-state index contributed by atoms with van der Waals surface area (Å²) >= 11 is 0. The summed E-state index contributed by atoms with van der Waals surface area (Å²) in [5.41, 5.74) is 2.47. The van der Waals surface area contributed by atoms with Gasteiger partial charge in [0, 0.05) is 24.4 Å². The van der Waals surface area contributed by atoms with Crippen molar-refractivity contribution in [2.45, 2.75) is 53.0 Å². The van der Waals surface area contributed by atoms with E-state index in [4.69, 9.17) is 4.74 Å². The predicted octanol–water partition coefficient (Wildman–Crippen LogP) is 3.74. The number of anilines is 1. The molecule has 1 aromatic rings. The summed E-state index contributed by atoms with van der Waals surface area (Å²) in [6, 6.07) is 6.29. The molecular weight excluding hydrogens is 358 g/mol. The highest BCUT2D eigenvalue weighted by Crippen LogP contribution is 2.32. The predicted molar refractivity (Wildman–Crippen MR) is 108 cm³/mol. The Morgan fingerprint density at radius 2 is 1.86 bits per heavy atom. The second-order valence-electron chi connectivity index (χ2n) is 6.63. The van der Waals surface area contributed by atoms with Crippen LogP contribution < -0.4 is 10.6 Å². The lowest BCUT2D eigenvalue weighted by Gasteiger charge is -2.35. The average Bonchev–Trinajstić information content (AvgIpc) is 2.68. The number of benzene rings is 1. The first-order valence-electron chi connectivity index (χ1n) is 9.78. The van der Waals surface area contributed by atoms with Crippen LogP contribution in [0.5, 0.6) is 0 Å². The number of nitrogens with one attached hydrogen (secondary N) is 2. The molecule has 2 N–H and O–H groups in total. The van der Waals surface area contributed by atoms with Crippen molar-refractivity contribution in [1.82, 2.24) is 10.2 Å². The first-order valence-corrected chi connectivity index (χ1v) is 9.78. The number of ether oxygens (including phenoxy) is 1. The average molecular weight is 387 g/mol. The van der Waals surface area contributed by atoms with E-state index >= 15 is 0 Å². The summed E-state index contributed by atoms with van der Waals surface area (Å²) in [6.45, 7) is 8.17. The number of amides is 3. The molecule has 152 valence electrons. The summed E-state index contributed by atoms with van der Waals surface area (Å²) in [5, 5.41) is 5.71. The van der Waals surface area contributed by atoms with Crippen molar-refractivity contribution < 1.29 is 19.1 Å².